The van der Waals surface area contributed by atoms with Gasteiger partial charge in [0.15, 0.2) is 0 Å². The zero-order valence-corrected chi connectivity index (χ0v) is 12.9. The third-order valence-corrected chi connectivity index (χ3v) is 3.57. The van der Waals surface area contributed by atoms with Gasteiger partial charge in [0.05, 0.1) is 10.8 Å². The topological polar surface area (TPSA) is 101 Å². The molecule has 0 saturated carbocycles. The maximum atomic E-state index is 11.6. The number of imide groups is 1. The predicted octanol–water partition coefficient (Wildman–Crippen LogP) is -2.65. The van der Waals surface area contributed by atoms with Gasteiger partial charge in [-0.1, -0.05) is 24.8 Å². The number of nitrogens with one attached hydrogen (secondary N) is 1. The number of benzene rings is 1. The molecule has 1 aromatic carbocycles. The van der Waals surface area contributed by atoms with Crippen molar-refractivity contribution in [1.29, 1.82) is 0 Å². The van der Waals surface area contributed by atoms with Crippen LogP contribution in [0.15, 0.2) is 41.3 Å². The van der Waals surface area contributed by atoms with E-state index < -0.39 is 32.7 Å². The van der Waals surface area contributed by atoms with Crippen LogP contribution in [0.2, 0.25) is 0 Å². The van der Waals surface area contributed by atoms with E-state index in [0.717, 1.165) is 6.07 Å². The van der Waals surface area contributed by atoms with Crippen molar-refractivity contribution >= 4 is 21.9 Å². The van der Waals surface area contributed by atoms with Gasteiger partial charge in [-0.25, -0.2) is 0 Å². The summed E-state index contributed by atoms with van der Waals surface area (Å²) in [4.78, 5) is 22.5. The van der Waals surface area contributed by atoms with Gasteiger partial charge in [-0.05, 0) is 11.6 Å². The Kier molecular flexibility index (Phi) is 4.70. The quantitative estimate of drug-likeness (QED) is 0.268. The van der Waals surface area contributed by atoms with Gasteiger partial charge in [0.2, 0.25) is 5.91 Å². The van der Waals surface area contributed by atoms with Gasteiger partial charge in [0.25, 0.3) is 16.0 Å². The Morgan fingerprint density at radius 3 is 2.32 bits per heavy atom. The number of carbonyl (C=O) groups is 2. The Morgan fingerprint density at radius 2 is 1.84 bits per heavy atom. The van der Waals surface area contributed by atoms with Crippen LogP contribution in [0.5, 0.6) is 0 Å². The second-order valence-corrected chi connectivity index (χ2v) is 5.18. The summed E-state index contributed by atoms with van der Waals surface area (Å²) in [6.45, 7) is 3.46. The largest absolute Gasteiger partial charge is 1.00 e. The Morgan fingerprint density at radius 1 is 1.26 bits per heavy atom. The first-order chi connectivity index (χ1) is 8.32. The van der Waals surface area contributed by atoms with Crippen molar-refractivity contribution in [3.05, 3.63) is 42.0 Å². The first kappa shape index (κ1) is 16.1. The molecule has 96 valence electrons. The molecule has 0 bridgehead atoms. The second kappa shape index (κ2) is 5.56. The molecular formula is C11H10NNaO5S. The molecule has 19 heavy (non-hydrogen) atoms. The first-order valence-corrected chi connectivity index (χ1v) is 6.37. The summed E-state index contributed by atoms with van der Waals surface area (Å²) in [6.07, 6.45) is 0. The summed E-state index contributed by atoms with van der Waals surface area (Å²) in [7, 11) is -4.47. The minimum atomic E-state index is -4.47. The third kappa shape index (κ3) is 2.96. The molecule has 2 rings (SSSR count). The van der Waals surface area contributed by atoms with Crippen molar-refractivity contribution in [2.24, 2.45) is 0 Å². The van der Waals surface area contributed by atoms with Crippen molar-refractivity contribution in [1.82, 2.24) is 5.32 Å². The molecule has 2 amide bonds. The van der Waals surface area contributed by atoms with E-state index in [1.54, 1.807) is 0 Å². The van der Waals surface area contributed by atoms with E-state index in [1.165, 1.54) is 18.2 Å². The van der Waals surface area contributed by atoms with Crippen LogP contribution >= 0.6 is 0 Å². The van der Waals surface area contributed by atoms with Crippen LogP contribution in [0.3, 0.4) is 0 Å². The SMILES string of the molecule is C=C1C(=O)NC(=O)C1c1ccccc1S(=O)(=O)O.[H-].[Na+]. The second-order valence-electron chi connectivity index (χ2n) is 3.79. The van der Waals surface area contributed by atoms with Crippen molar-refractivity contribution in [3.8, 4) is 0 Å². The molecular weight excluding hydrogens is 281 g/mol. The minimum absolute atomic E-state index is 0. The minimum Gasteiger partial charge on any atom is -1.00 e. The molecule has 0 aliphatic carbocycles. The molecule has 1 saturated heterocycles. The Balaban J connectivity index is 0.00000180. The number of amides is 2. The van der Waals surface area contributed by atoms with E-state index in [0.29, 0.717) is 0 Å². The normalized spacial score (nSPS) is 19.0. The smallest absolute Gasteiger partial charge is 1.00 e. The fraction of sp³-hybridized carbons (Fsp3) is 0.0909. The Hall–Kier alpha value is -0.990. The Labute approximate surface area is 133 Å². The molecule has 1 atom stereocenters. The molecule has 6 nitrogen and oxygen atoms in total. The summed E-state index contributed by atoms with van der Waals surface area (Å²) in [5.74, 6) is -2.38. The molecule has 8 heteroatoms. The maximum absolute atomic E-state index is 11.6. The van der Waals surface area contributed by atoms with E-state index in [2.05, 4.69) is 6.58 Å². The summed E-state index contributed by atoms with van der Waals surface area (Å²) in [5.41, 5.74) is -0.00977. The zero-order chi connectivity index (χ0) is 13.5. The van der Waals surface area contributed by atoms with Gasteiger partial charge in [0, 0.05) is 5.57 Å². The molecule has 0 spiro atoms. The number of rotatable bonds is 2. The molecule has 2 N–H and O–H groups in total. The average Bonchev–Trinajstić information content (AvgIpc) is 2.52. The molecule has 1 heterocycles. The fourth-order valence-electron chi connectivity index (χ4n) is 1.84. The van der Waals surface area contributed by atoms with Crippen molar-refractivity contribution < 1.29 is 53.5 Å². The zero-order valence-electron chi connectivity index (χ0n) is 11.1. The van der Waals surface area contributed by atoms with Crippen LogP contribution in [0.4, 0.5) is 0 Å². The fourth-order valence-corrected chi connectivity index (χ4v) is 2.57. The molecule has 0 radical (unpaired) electrons. The first-order valence-electron chi connectivity index (χ1n) is 4.93. The number of hydrogen-bond acceptors (Lipinski definition) is 4. The number of hydrogen-bond donors (Lipinski definition) is 2. The summed E-state index contributed by atoms with van der Waals surface area (Å²) in [5, 5.41) is 2.04. The molecule has 1 aliphatic rings. The van der Waals surface area contributed by atoms with Crippen molar-refractivity contribution in [2.75, 3.05) is 0 Å². The van der Waals surface area contributed by atoms with E-state index in [-0.39, 0.29) is 42.1 Å². The molecule has 1 fully saturated rings. The average molecular weight is 291 g/mol. The van der Waals surface area contributed by atoms with Crippen LogP contribution in [0, 0.1) is 0 Å². The van der Waals surface area contributed by atoms with E-state index >= 15 is 0 Å². The van der Waals surface area contributed by atoms with Crippen LogP contribution < -0.4 is 34.9 Å². The van der Waals surface area contributed by atoms with Gasteiger partial charge in [0.1, 0.15) is 0 Å². The maximum Gasteiger partial charge on any atom is 1.00 e. The summed E-state index contributed by atoms with van der Waals surface area (Å²) in [6, 6.07) is 5.43. The monoisotopic (exact) mass is 291 g/mol. The van der Waals surface area contributed by atoms with E-state index in [4.69, 9.17) is 4.55 Å². The summed E-state index contributed by atoms with van der Waals surface area (Å²) >= 11 is 0. The van der Waals surface area contributed by atoms with Crippen molar-refractivity contribution in [3.63, 3.8) is 0 Å². The molecule has 1 unspecified atom stereocenters. The molecule has 1 aromatic rings. The van der Waals surface area contributed by atoms with Crippen LogP contribution in [0.1, 0.15) is 12.9 Å². The predicted molar refractivity (Wildman–Crippen MR) is 62.4 cm³/mol. The Bertz CT molecular complexity index is 673. The van der Waals surface area contributed by atoms with Gasteiger partial charge in [-0.15, -0.1) is 0 Å². The van der Waals surface area contributed by atoms with Crippen LogP contribution in [-0.2, 0) is 19.7 Å². The number of carbonyl (C=O) groups excluding carboxylic acids is 2. The van der Waals surface area contributed by atoms with Gasteiger partial charge in [-0.3, -0.25) is 19.5 Å². The van der Waals surface area contributed by atoms with Crippen LogP contribution in [0.25, 0.3) is 0 Å². The van der Waals surface area contributed by atoms with Crippen molar-refractivity contribution in [2.45, 2.75) is 10.8 Å². The summed E-state index contributed by atoms with van der Waals surface area (Å²) < 4.78 is 31.5. The van der Waals surface area contributed by atoms with Crippen LogP contribution in [-0.4, -0.2) is 24.8 Å². The van der Waals surface area contributed by atoms with Gasteiger partial charge >= 0.3 is 29.6 Å². The van der Waals surface area contributed by atoms with Gasteiger partial charge in [-0.2, -0.15) is 8.42 Å². The standard InChI is InChI=1S/C11H9NO5S.Na.H/c1-6-9(11(14)12-10(6)13)7-4-2-3-5-8(7)18(15,16)17;;/h2-5,9H,1H2,(H,12,13,14)(H,15,16,17);;/q;+1;-1. The molecule has 0 aromatic heterocycles. The third-order valence-electron chi connectivity index (χ3n) is 2.65. The van der Waals surface area contributed by atoms with E-state index in [9.17, 15) is 18.0 Å². The van der Waals surface area contributed by atoms with E-state index in [1.807, 2.05) is 5.32 Å². The van der Waals surface area contributed by atoms with Gasteiger partial charge < -0.3 is 1.43 Å². The molecule has 1 aliphatic heterocycles.